The standard InChI is InChI=1S/C18H17F3N2O3S/c19-18(20,21)26-14-6-1-5-13(10-14)22-16(24)12-4-2-8-23(11-12)17(25)15-7-3-9-27-15/h1,3,5-7,9-10,12H,2,4,8,11H2,(H,22,24)/t12-/m0/s1. The van der Waals surface area contributed by atoms with Crippen LogP contribution in [-0.4, -0.2) is 36.2 Å². The van der Waals surface area contributed by atoms with E-state index in [4.69, 9.17) is 0 Å². The molecule has 2 amide bonds. The Morgan fingerprint density at radius 3 is 2.74 bits per heavy atom. The summed E-state index contributed by atoms with van der Waals surface area (Å²) >= 11 is 1.35. The number of alkyl halides is 3. The Morgan fingerprint density at radius 2 is 2.04 bits per heavy atom. The molecule has 1 fully saturated rings. The molecule has 27 heavy (non-hydrogen) atoms. The van der Waals surface area contributed by atoms with Gasteiger partial charge in [-0.3, -0.25) is 9.59 Å². The summed E-state index contributed by atoms with van der Waals surface area (Å²) in [6.07, 6.45) is -3.50. The molecule has 0 spiro atoms. The van der Waals surface area contributed by atoms with Crippen LogP contribution < -0.4 is 10.1 Å². The van der Waals surface area contributed by atoms with Crippen molar-refractivity contribution in [2.24, 2.45) is 5.92 Å². The van der Waals surface area contributed by atoms with Gasteiger partial charge in [0.05, 0.1) is 10.8 Å². The number of benzene rings is 1. The highest BCUT2D eigenvalue weighted by molar-refractivity contribution is 7.12. The van der Waals surface area contributed by atoms with Gasteiger partial charge in [0.1, 0.15) is 5.75 Å². The summed E-state index contributed by atoms with van der Waals surface area (Å²) in [6.45, 7) is 0.858. The quantitative estimate of drug-likeness (QED) is 0.842. The highest BCUT2D eigenvalue weighted by Crippen LogP contribution is 2.26. The predicted octanol–water partition coefficient (Wildman–Crippen LogP) is 4.14. The first-order chi connectivity index (χ1) is 12.8. The van der Waals surface area contributed by atoms with Gasteiger partial charge in [-0.1, -0.05) is 12.1 Å². The van der Waals surface area contributed by atoms with Crippen molar-refractivity contribution in [3.05, 3.63) is 46.7 Å². The number of nitrogens with zero attached hydrogens (tertiary/aromatic N) is 1. The van der Waals surface area contributed by atoms with Crippen LogP contribution >= 0.6 is 11.3 Å². The van der Waals surface area contributed by atoms with Gasteiger partial charge >= 0.3 is 6.36 Å². The summed E-state index contributed by atoms with van der Waals surface area (Å²) in [7, 11) is 0. The van der Waals surface area contributed by atoms with Crippen LogP contribution in [0.15, 0.2) is 41.8 Å². The summed E-state index contributed by atoms with van der Waals surface area (Å²) in [5.41, 5.74) is 0.212. The summed E-state index contributed by atoms with van der Waals surface area (Å²) in [5.74, 6) is -1.26. The number of hydrogen-bond donors (Lipinski definition) is 1. The normalized spacial score (nSPS) is 17.4. The molecule has 1 N–H and O–H groups in total. The Kier molecular flexibility index (Phi) is 5.69. The van der Waals surface area contributed by atoms with Crippen LogP contribution in [0.25, 0.3) is 0 Å². The maximum atomic E-state index is 12.5. The van der Waals surface area contributed by atoms with Crippen molar-refractivity contribution in [3.8, 4) is 5.75 Å². The first-order valence-electron chi connectivity index (χ1n) is 8.31. The minimum absolute atomic E-state index is 0.108. The van der Waals surface area contributed by atoms with E-state index in [1.807, 2.05) is 5.38 Å². The Hall–Kier alpha value is -2.55. The van der Waals surface area contributed by atoms with Crippen LogP contribution in [0.4, 0.5) is 18.9 Å². The molecule has 1 aliphatic heterocycles. The Balaban J connectivity index is 1.62. The average molecular weight is 398 g/mol. The van der Waals surface area contributed by atoms with Gasteiger partial charge in [-0.2, -0.15) is 0 Å². The number of nitrogens with one attached hydrogen (secondary N) is 1. The van der Waals surface area contributed by atoms with Crippen molar-refractivity contribution >= 4 is 28.8 Å². The predicted molar refractivity (Wildman–Crippen MR) is 94.7 cm³/mol. The lowest BCUT2D eigenvalue weighted by Crippen LogP contribution is -2.43. The van der Waals surface area contributed by atoms with Crippen LogP contribution in [0.3, 0.4) is 0 Å². The third-order valence-electron chi connectivity index (χ3n) is 4.15. The van der Waals surface area contributed by atoms with Crippen LogP contribution in [0.2, 0.25) is 0 Å². The fourth-order valence-electron chi connectivity index (χ4n) is 2.95. The molecule has 1 aliphatic rings. The molecule has 0 saturated carbocycles. The first-order valence-corrected chi connectivity index (χ1v) is 9.19. The number of thiophene rings is 1. The number of carbonyl (C=O) groups excluding carboxylic acids is 2. The Bertz CT molecular complexity index is 808. The molecule has 5 nitrogen and oxygen atoms in total. The van der Waals surface area contributed by atoms with E-state index in [-0.39, 0.29) is 24.0 Å². The number of carbonyl (C=O) groups is 2. The van der Waals surface area contributed by atoms with Gasteiger partial charge < -0.3 is 15.0 Å². The van der Waals surface area contributed by atoms with Gasteiger partial charge in [0.15, 0.2) is 0 Å². The third kappa shape index (κ3) is 5.22. The number of piperidine rings is 1. The molecular formula is C18H17F3N2O3S. The third-order valence-corrected chi connectivity index (χ3v) is 5.00. The van der Waals surface area contributed by atoms with Gasteiger partial charge in [-0.15, -0.1) is 24.5 Å². The number of anilines is 1. The minimum atomic E-state index is -4.80. The molecule has 9 heteroatoms. The molecule has 0 bridgehead atoms. The number of hydrogen-bond acceptors (Lipinski definition) is 4. The molecular weight excluding hydrogens is 381 g/mol. The first kappa shape index (κ1) is 19.2. The van der Waals surface area contributed by atoms with Gasteiger partial charge in [0.2, 0.25) is 5.91 Å². The lowest BCUT2D eigenvalue weighted by Gasteiger charge is -2.31. The van der Waals surface area contributed by atoms with Crippen molar-refractivity contribution in [2.45, 2.75) is 19.2 Å². The zero-order valence-electron chi connectivity index (χ0n) is 14.2. The van der Waals surface area contributed by atoms with Crippen LogP contribution in [0.1, 0.15) is 22.5 Å². The monoisotopic (exact) mass is 398 g/mol. The van der Waals surface area contributed by atoms with E-state index < -0.39 is 18.0 Å². The lowest BCUT2D eigenvalue weighted by atomic mass is 9.97. The second-order valence-electron chi connectivity index (χ2n) is 6.13. The van der Waals surface area contributed by atoms with E-state index in [1.165, 1.54) is 23.5 Å². The van der Waals surface area contributed by atoms with Crippen LogP contribution in [-0.2, 0) is 4.79 Å². The summed E-state index contributed by atoms with van der Waals surface area (Å²) in [5, 5.41) is 4.43. The van der Waals surface area contributed by atoms with Crippen LogP contribution in [0.5, 0.6) is 5.75 Å². The Labute approximate surface area is 157 Å². The lowest BCUT2D eigenvalue weighted by molar-refractivity contribution is -0.274. The maximum absolute atomic E-state index is 12.5. The van der Waals surface area contributed by atoms with Crippen molar-refractivity contribution in [2.75, 3.05) is 18.4 Å². The number of rotatable bonds is 4. The molecule has 1 atom stereocenters. The average Bonchev–Trinajstić information content (AvgIpc) is 3.14. The fraction of sp³-hybridized carbons (Fsp3) is 0.333. The molecule has 3 rings (SSSR count). The van der Waals surface area contributed by atoms with E-state index in [2.05, 4.69) is 10.1 Å². The van der Waals surface area contributed by atoms with E-state index in [0.717, 1.165) is 12.1 Å². The summed E-state index contributed by atoms with van der Waals surface area (Å²) in [6, 6.07) is 8.65. The summed E-state index contributed by atoms with van der Waals surface area (Å²) in [4.78, 5) is 27.2. The second-order valence-corrected chi connectivity index (χ2v) is 7.08. The zero-order chi connectivity index (χ0) is 19.4. The molecule has 0 aliphatic carbocycles. The summed E-state index contributed by atoms with van der Waals surface area (Å²) < 4.78 is 40.8. The second kappa shape index (κ2) is 7.99. The molecule has 2 heterocycles. The van der Waals surface area contributed by atoms with Gasteiger partial charge in [-0.25, -0.2) is 0 Å². The molecule has 1 aromatic heterocycles. The topological polar surface area (TPSA) is 58.6 Å². The molecule has 1 saturated heterocycles. The van der Waals surface area contributed by atoms with E-state index in [0.29, 0.717) is 24.3 Å². The van der Waals surface area contributed by atoms with E-state index in [1.54, 1.807) is 17.0 Å². The molecule has 144 valence electrons. The molecule has 0 radical (unpaired) electrons. The number of halogens is 3. The van der Waals surface area contributed by atoms with Crippen molar-refractivity contribution in [1.29, 1.82) is 0 Å². The number of amides is 2. The van der Waals surface area contributed by atoms with Crippen LogP contribution in [0, 0.1) is 5.92 Å². The highest BCUT2D eigenvalue weighted by Gasteiger charge is 2.32. The smallest absolute Gasteiger partial charge is 0.406 e. The van der Waals surface area contributed by atoms with Gasteiger partial charge in [-0.05, 0) is 36.4 Å². The van der Waals surface area contributed by atoms with Gasteiger partial charge in [0.25, 0.3) is 5.91 Å². The molecule has 0 unspecified atom stereocenters. The highest BCUT2D eigenvalue weighted by atomic mass is 32.1. The van der Waals surface area contributed by atoms with Crippen molar-refractivity contribution < 1.29 is 27.5 Å². The SMILES string of the molecule is O=C(Nc1cccc(OC(F)(F)F)c1)[C@H]1CCCN(C(=O)c2cccs2)C1. The van der Waals surface area contributed by atoms with E-state index >= 15 is 0 Å². The van der Waals surface area contributed by atoms with E-state index in [9.17, 15) is 22.8 Å². The fourth-order valence-corrected chi connectivity index (χ4v) is 3.64. The maximum Gasteiger partial charge on any atom is 0.573 e. The Morgan fingerprint density at radius 1 is 1.22 bits per heavy atom. The largest absolute Gasteiger partial charge is 0.573 e. The molecule has 2 aromatic rings. The number of likely N-dealkylation sites (tertiary alicyclic amines) is 1. The zero-order valence-corrected chi connectivity index (χ0v) is 15.0. The van der Waals surface area contributed by atoms with Gasteiger partial charge in [0, 0.05) is 24.8 Å². The van der Waals surface area contributed by atoms with Crippen molar-refractivity contribution in [1.82, 2.24) is 4.90 Å². The molecule has 1 aromatic carbocycles. The number of ether oxygens (including phenoxy) is 1. The minimum Gasteiger partial charge on any atom is -0.406 e. The van der Waals surface area contributed by atoms with Crippen molar-refractivity contribution in [3.63, 3.8) is 0 Å².